The smallest absolute Gasteiger partial charge is 0.129 e. The standard InChI is InChI=1S/C41H63ClO6/c1-8-14-23-44-30-37-38(45-24-15-9-2)39(46-25-16-10-3)40(47-26-17-11-4)41(48-37,22-12-5)34-28-33(35(42)29-36(34)43-7)27-32-20-18-31(13-6)19-21-32/h12,18-21,28-29,37-40H,5,8-11,13-17,22-27,30H2,1-4,6-7H3/t37-,38-,39+,40-,41+/m1/s1. The van der Waals surface area contributed by atoms with Gasteiger partial charge >= 0.3 is 0 Å². The molecule has 0 aliphatic carbocycles. The third-order valence-corrected chi connectivity index (χ3v) is 9.60. The lowest BCUT2D eigenvalue weighted by molar-refractivity contribution is -0.307. The highest BCUT2D eigenvalue weighted by atomic mass is 35.5. The molecule has 6 nitrogen and oxygen atoms in total. The van der Waals surface area contributed by atoms with Crippen molar-refractivity contribution in [1.29, 1.82) is 0 Å². The highest BCUT2D eigenvalue weighted by molar-refractivity contribution is 6.31. The zero-order valence-electron chi connectivity index (χ0n) is 30.7. The summed E-state index contributed by atoms with van der Waals surface area (Å²) < 4.78 is 40.2. The SMILES string of the molecule is C=CC[C@@]1(c2cc(Cc3ccc(CC)cc3)c(Cl)cc2OC)O[C@H](COCCCC)[C@@H](OCCCC)[C@H](OCCCC)[C@H]1OCCCC. The number of halogens is 1. The van der Waals surface area contributed by atoms with Crippen LogP contribution in [0.4, 0.5) is 0 Å². The highest BCUT2D eigenvalue weighted by Gasteiger charge is 2.58. The number of aryl methyl sites for hydroxylation is 1. The lowest BCUT2D eigenvalue weighted by Gasteiger charge is -2.53. The summed E-state index contributed by atoms with van der Waals surface area (Å²) in [6.07, 6.45) is 10.4. The van der Waals surface area contributed by atoms with Crippen LogP contribution < -0.4 is 4.74 Å². The molecule has 3 rings (SSSR count). The van der Waals surface area contributed by atoms with E-state index in [9.17, 15) is 0 Å². The van der Waals surface area contributed by atoms with Crippen molar-refractivity contribution in [3.8, 4) is 5.75 Å². The molecule has 270 valence electrons. The van der Waals surface area contributed by atoms with E-state index < -0.39 is 23.9 Å². The second-order valence-corrected chi connectivity index (χ2v) is 13.4. The lowest BCUT2D eigenvalue weighted by atomic mass is 9.76. The van der Waals surface area contributed by atoms with Gasteiger partial charge < -0.3 is 28.4 Å². The van der Waals surface area contributed by atoms with Gasteiger partial charge in [-0.1, -0.05) is 102 Å². The van der Waals surface area contributed by atoms with E-state index in [1.165, 1.54) is 11.1 Å². The molecule has 0 unspecified atom stereocenters. The van der Waals surface area contributed by atoms with E-state index in [1.54, 1.807) is 7.11 Å². The van der Waals surface area contributed by atoms with Gasteiger partial charge in [-0.25, -0.2) is 0 Å². The van der Waals surface area contributed by atoms with Crippen LogP contribution in [0.2, 0.25) is 5.02 Å². The molecule has 0 aromatic heterocycles. The molecule has 1 aliphatic rings. The summed E-state index contributed by atoms with van der Waals surface area (Å²) in [7, 11) is 1.69. The van der Waals surface area contributed by atoms with Gasteiger partial charge in [0.05, 0.1) is 13.7 Å². The molecule has 5 atom stereocenters. The van der Waals surface area contributed by atoms with Crippen LogP contribution in [0.15, 0.2) is 49.1 Å². The molecule has 0 bridgehead atoms. The molecule has 0 saturated carbocycles. The van der Waals surface area contributed by atoms with Crippen molar-refractivity contribution in [2.75, 3.05) is 40.1 Å². The molecule has 0 radical (unpaired) electrons. The molecule has 48 heavy (non-hydrogen) atoms. The van der Waals surface area contributed by atoms with Crippen LogP contribution in [0.3, 0.4) is 0 Å². The van der Waals surface area contributed by atoms with Gasteiger partial charge in [0.25, 0.3) is 0 Å². The zero-order valence-corrected chi connectivity index (χ0v) is 31.5. The molecular weight excluding hydrogens is 624 g/mol. The summed E-state index contributed by atoms with van der Waals surface area (Å²) in [5, 5.41) is 0.652. The number of methoxy groups -OCH3 is 1. The Morgan fingerprint density at radius 1 is 0.792 bits per heavy atom. The van der Waals surface area contributed by atoms with Crippen LogP contribution in [0.5, 0.6) is 5.75 Å². The Hall–Kier alpha value is -1.93. The molecule has 1 aliphatic heterocycles. The van der Waals surface area contributed by atoms with Crippen molar-refractivity contribution >= 4 is 11.6 Å². The van der Waals surface area contributed by atoms with Crippen LogP contribution in [0, 0.1) is 0 Å². The lowest BCUT2D eigenvalue weighted by Crippen LogP contribution is -2.66. The minimum Gasteiger partial charge on any atom is -0.496 e. The number of hydrogen-bond acceptors (Lipinski definition) is 6. The largest absolute Gasteiger partial charge is 0.496 e. The van der Waals surface area contributed by atoms with Gasteiger partial charge in [-0.3, -0.25) is 0 Å². The van der Waals surface area contributed by atoms with Crippen LogP contribution in [-0.2, 0) is 42.1 Å². The molecular formula is C41H63ClO6. The summed E-state index contributed by atoms with van der Waals surface area (Å²) in [4.78, 5) is 0. The highest BCUT2D eigenvalue weighted by Crippen LogP contribution is 2.49. The summed E-state index contributed by atoms with van der Waals surface area (Å²) in [5.41, 5.74) is 3.38. The van der Waals surface area contributed by atoms with E-state index in [2.05, 4.69) is 71.5 Å². The van der Waals surface area contributed by atoms with Gasteiger partial charge in [0.2, 0.25) is 0 Å². The fourth-order valence-corrected chi connectivity index (χ4v) is 6.60. The van der Waals surface area contributed by atoms with Gasteiger partial charge in [0.15, 0.2) is 0 Å². The first-order chi connectivity index (χ1) is 23.4. The number of ether oxygens (including phenoxy) is 6. The van der Waals surface area contributed by atoms with Crippen molar-refractivity contribution in [2.24, 2.45) is 0 Å². The molecule has 2 aromatic rings. The third kappa shape index (κ3) is 11.0. The van der Waals surface area contributed by atoms with Crippen LogP contribution >= 0.6 is 11.6 Å². The first kappa shape index (κ1) is 40.5. The second kappa shape index (κ2) is 22.0. The average Bonchev–Trinajstić information content (AvgIpc) is 3.10. The number of rotatable bonds is 24. The van der Waals surface area contributed by atoms with Gasteiger partial charge in [0, 0.05) is 43.4 Å². The van der Waals surface area contributed by atoms with Gasteiger partial charge in [-0.2, -0.15) is 0 Å². The van der Waals surface area contributed by atoms with Crippen LogP contribution in [-0.4, -0.2) is 64.6 Å². The summed E-state index contributed by atoms with van der Waals surface area (Å²) in [5.74, 6) is 0.652. The summed E-state index contributed by atoms with van der Waals surface area (Å²) in [6.45, 7) is 17.9. The Labute approximate surface area is 296 Å². The maximum Gasteiger partial charge on any atom is 0.129 e. The predicted octanol–water partition coefficient (Wildman–Crippen LogP) is 10.0. The van der Waals surface area contributed by atoms with E-state index in [4.69, 9.17) is 40.0 Å². The summed E-state index contributed by atoms with van der Waals surface area (Å²) in [6, 6.07) is 12.8. The number of hydrogen-bond donors (Lipinski definition) is 0. The Kier molecular flexibility index (Phi) is 18.6. The van der Waals surface area contributed by atoms with Gasteiger partial charge in [-0.15, -0.1) is 6.58 Å². The fraction of sp³-hybridized carbons (Fsp3) is 0.659. The zero-order chi connectivity index (χ0) is 34.8. The van der Waals surface area contributed by atoms with E-state index in [-0.39, 0.29) is 6.10 Å². The third-order valence-electron chi connectivity index (χ3n) is 9.24. The van der Waals surface area contributed by atoms with Crippen LogP contribution in [0.25, 0.3) is 0 Å². The Balaban J connectivity index is 2.23. The minimum absolute atomic E-state index is 0.366. The molecule has 0 N–H and O–H groups in total. The molecule has 1 heterocycles. The molecule has 1 saturated heterocycles. The molecule has 0 spiro atoms. The first-order valence-corrected chi connectivity index (χ1v) is 19.0. The van der Waals surface area contributed by atoms with Crippen molar-refractivity contribution in [2.45, 2.75) is 135 Å². The molecule has 0 amide bonds. The Morgan fingerprint density at radius 2 is 1.38 bits per heavy atom. The normalized spacial score (nSPS) is 22.6. The van der Waals surface area contributed by atoms with Crippen molar-refractivity contribution in [1.82, 2.24) is 0 Å². The maximum absolute atomic E-state index is 7.37. The molecule has 2 aromatic carbocycles. The Bertz CT molecular complexity index is 1190. The van der Waals surface area contributed by atoms with Gasteiger partial charge in [0.1, 0.15) is 35.8 Å². The van der Waals surface area contributed by atoms with Gasteiger partial charge in [-0.05, 0) is 67.3 Å². The molecule has 7 heteroatoms. The quantitative estimate of drug-likeness (QED) is 0.0809. The molecule has 1 fully saturated rings. The number of unbranched alkanes of at least 4 members (excludes halogenated alkanes) is 4. The second-order valence-electron chi connectivity index (χ2n) is 13.0. The van der Waals surface area contributed by atoms with E-state index in [0.29, 0.717) is 56.6 Å². The van der Waals surface area contributed by atoms with Crippen LogP contribution in [0.1, 0.15) is 115 Å². The van der Waals surface area contributed by atoms with Crippen molar-refractivity contribution in [3.63, 3.8) is 0 Å². The maximum atomic E-state index is 7.37. The Morgan fingerprint density at radius 3 is 1.96 bits per heavy atom. The minimum atomic E-state index is -0.994. The topological polar surface area (TPSA) is 55.4 Å². The monoisotopic (exact) mass is 686 g/mol. The summed E-state index contributed by atoms with van der Waals surface area (Å²) >= 11 is 6.99. The average molecular weight is 687 g/mol. The first-order valence-electron chi connectivity index (χ1n) is 18.6. The fourth-order valence-electron chi connectivity index (χ4n) is 6.38. The van der Waals surface area contributed by atoms with Crippen molar-refractivity contribution < 1.29 is 28.4 Å². The number of benzene rings is 2. The van der Waals surface area contributed by atoms with Crippen molar-refractivity contribution in [3.05, 3.63) is 76.3 Å². The predicted molar refractivity (Wildman–Crippen MR) is 198 cm³/mol. The van der Waals surface area contributed by atoms with E-state index >= 15 is 0 Å². The van der Waals surface area contributed by atoms with E-state index in [0.717, 1.165) is 68.9 Å². The van der Waals surface area contributed by atoms with E-state index in [1.807, 2.05) is 12.1 Å².